The number of halogens is 1. The van der Waals surface area contributed by atoms with Gasteiger partial charge < -0.3 is 10.6 Å². The minimum absolute atomic E-state index is 0.112. The molecule has 0 bridgehead atoms. The highest BCUT2D eigenvalue weighted by molar-refractivity contribution is 9.10. The molecule has 2 amide bonds. The molecule has 0 aromatic carbocycles. The highest BCUT2D eigenvalue weighted by atomic mass is 79.9. The molecule has 0 atom stereocenters. The number of amides is 2. The van der Waals surface area contributed by atoms with Crippen molar-refractivity contribution in [2.45, 2.75) is 13.8 Å². The van der Waals surface area contributed by atoms with E-state index >= 15 is 0 Å². The van der Waals surface area contributed by atoms with Crippen LogP contribution in [0.4, 0.5) is 0 Å². The Balaban J connectivity index is 2.64. The summed E-state index contributed by atoms with van der Waals surface area (Å²) >= 11 is 3.20. The maximum absolute atomic E-state index is 11.9. The summed E-state index contributed by atoms with van der Waals surface area (Å²) in [4.78, 5) is 27.4. The lowest BCUT2D eigenvalue weighted by Crippen LogP contribution is -2.43. The molecule has 0 saturated heterocycles. The van der Waals surface area contributed by atoms with E-state index in [4.69, 9.17) is 0 Å². The van der Waals surface area contributed by atoms with Crippen LogP contribution < -0.4 is 10.6 Å². The summed E-state index contributed by atoms with van der Waals surface area (Å²) < 4.78 is 0.598. The summed E-state index contributed by atoms with van der Waals surface area (Å²) in [6.07, 6.45) is 1.54. The van der Waals surface area contributed by atoms with Crippen molar-refractivity contribution in [2.75, 3.05) is 13.6 Å². The summed E-state index contributed by atoms with van der Waals surface area (Å²) in [6.45, 7) is 3.81. The van der Waals surface area contributed by atoms with E-state index in [1.807, 2.05) is 0 Å². The molecule has 6 heteroatoms. The van der Waals surface area contributed by atoms with Crippen molar-refractivity contribution in [1.82, 2.24) is 15.6 Å². The topological polar surface area (TPSA) is 71.1 Å². The Morgan fingerprint density at radius 1 is 1.44 bits per heavy atom. The zero-order valence-corrected chi connectivity index (χ0v) is 12.2. The fourth-order valence-electron chi connectivity index (χ4n) is 1.37. The molecule has 0 spiro atoms. The van der Waals surface area contributed by atoms with Crippen LogP contribution in [-0.2, 0) is 4.79 Å². The van der Waals surface area contributed by atoms with E-state index in [0.717, 1.165) is 0 Å². The standard InChI is InChI=1S/C12H16BrN3O2/c1-12(2,11(18)14-3)7-16-10(17)8-4-5-15-9(13)6-8/h4-6H,7H2,1-3H3,(H,14,18)(H,16,17). The van der Waals surface area contributed by atoms with Crippen molar-refractivity contribution in [1.29, 1.82) is 0 Å². The number of hydrogen-bond acceptors (Lipinski definition) is 3. The van der Waals surface area contributed by atoms with Crippen molar-refractivity contribution in [3.05, 3.63) is 28.5 Å². The molecule has 5 nitrogen and oxygen atoms in total. The van der Waals surface area contributed by atoms with Crippen LogP contribution in [0.3, 0.4) is 0 Å². The Morgan fingerprint density at radius 3 is 2.67 bits per heavy atom. The van der Waals surface area contributed by atoms with Gasteiger partial charge in [-0.25, -0.2) is 4.98 Å². The molecular weight excluding hydrogens is 298 g/mol. The molecule has 1 aromatic heterocycles. The summed E-state index contributed by atoms with van der Waals surface area (Å²) in [5, 5.41) is 5.30. The van der Waals surface area contributed by atoms with Crippen LogP contribution in [0, 0.1) is 5.41 Å². The second kappa shape index (κ2) is 5.95. The van der Waals surface area contributed by atoms with Gasteiger partial charge in [0, 0.05) is 25.4 Å². The number of hydrogen-bond donors (Lipinski definition) is 2. The quantitative estimate of drug-likeness (QED) is 0.824. The SMILES string of the molecule is CNC(=O)C(C)(C)CNC(=O)c1ccnc(Br)c1. The zero-order chi connectivity index (χ0) is 13.8. The number of carbonyl (C=O) groups is 2. The van der Waals surface area contributed by atoms with E-state index in [2.05, 4.69) is 31.5 Å². The predicted octanol–water partition coefficient (Wildman–Crippen LogP) is 1.35. The maximum atomic E-state index is 11.9. The molecule has 1 rings (SSSR count). The van der Waals surface area contributed by atoms with E-state index < -0.39 is 5.41 Å². The lowest BCUT2D eigenvalue weighted by Gasteiger charge is -2.22. The van der Waals surface area contributed by atoms with Gasteiger partial charge in [-0.2, -0.15) is 0 Å². The van der Waals surface area contributed by atoms with Gasteiger partial charge in [-0.05, 0) is 41.9 Å². The van der Waals surface area contributed by atoms with Gasteiger partial charge in [-0.1, -0.05) is 0 Å². The maximum Gasteiger partial charge on any atom is 0.251 e. The molecular formula is C12H16BrN3O2. The van der Waals surface area contributed by atoms with Crippen molar-refractivity contribution in [3.8, 4) is 0 Å². The molecule has 1 aromatic rings. The number of nitrogens with zero attached hydrogens (tertiary/aromatic N) is 1. The third-order valence-electron chi connectivity index (χ3n) is 2.52. The number of nitrogens with one attached hydrogen (secondary N) is 2. The molecule has 0 fully saturated rings. The average molecular weight is 314 g/mol. The van der Waals surface area contributed by atoms with Gasteiger partial charge in [-0.15, -0.1) is 0 Å². The first-order valence-electron chi connectivity index (χ1n) is 5.49. The van der Waals surface area contributed by atoms with Gasteiger partial charge in [0.05, 0.1) is 5.41 Å². The van der Waals surface area contributed by atoms with Crippen molar-refractivity contribution in [3.63, 3.8) is 0 Å². The second-order valence-electron chi connectivity index (χ2n) is 4.51. The summed E-state index contributed by atoms with van der Waals surface area (Å²) in [7, 11) is 1.58. The molecule has 18 heavy (non-hydrogen) atoms. The third-order valence-corrected chi connectivity index (χ3v) is 2.96. The molecule has 0 aliphatic heterocycles. The Kier molecular flexibility index (Phi) is 4.84. The van der Waals surface area contributed by atoms with Crippen LogP contribution in [0.1, 0.15) is 24.2 Å². The predicted molar refractivity (Wildman–Crippen MR) is 72.1 cm³/mol. The van der Waals surface area contributed by atoms with Crippen LogP contribution in [0.25, 0.3) is 0 Å². The second-order valence-corrected chi connectivity index (χ2v) is 5.33. The van der Waals surface area contributed by atoms with Gasteiger partial charge in [-0.3, -0.25) is 9.59 Å². The molecule has 0 aliphatic rings. The fourth-order valence-corrected chi connectivity index (χ4v) is 1.73. The molecule has 0 unspecified atom stereocenters. The zero-order valence-electron chi connectivity index (χ0n) is 10.6. The first-order valence-corrected chi connectivity index (χ1v) is 6.28. The van der Waals surface area contributed by atoms with Gasteiger partial charge in [0.25, 0.3) is 5.91 Å². The van der Waals surface area contributed by atoms with Crippen LogP contribution >= 0.6 is 15.9 Å². The highest BCUT2D eigenvalue weighted by Gasteiger charge is 2.27. The minimum Gasteiger partial charge on any atom is -0.359 e. The Bertz CT molecular complexity index is 460. The molecule has 98 valence electrons. The fraction of sp³-hybridized carbons (Fsp3) is 0.417. The summed E-state index contributed by atoms with van der Waals surface area (Å²) in [6, 6.07) is 3.25. The lowest BCUT2D eigenvalue weighted by atomic mass is 9.92. The summed E-state index contributed by atoms with van der Waals surface area (Å²) in [5.74, 6) is -0.339. The smallest absolute Gasteiger partial charge is 0.251 e. The van der Waals surface area contributed by atoms with Crippen LogP contribution in [0.2, 0.25) is 0 Å². The summed E-state index contributed by atoms with van der Waals surface area (Å²) in [5.41, 5.74) is -0.140. The van der Waals surface area contributed by atoms with Crippen LogP contribution in [0.15, 0.2) is 22.9 Å². The van der Waals surface area contributed by atoms with E-state index in [1.54, 1.807) is 39.2 Å². The van der Waals surface area contributed by atoms with Gasteiger partial charge >= 0.3 is 0 Å². The lowest BCUT2D eigenvalue weighted by molar-refractivity contribution is -0.128. The van der Waals surface area contributed by atoms with Gasteiger partial charge in [0.2, 0.25) is 5.91 Å². The Hall–Kier alpha value is -1.43. The minimum atomic E-state index is -0.644. The van der Waals surface area contributed by atoms with Crippen LogP contribution in [-0.4, -0.2) is 30.4 Å². The first-order chi connectivity index (χ1) is 8.36. The average Bonchev–Trinajstić information content (AvgIpc) is 2.35. The Labute approximate surface area is 114 Å². The van der Waals surface area contributed by atoms with Gasteiger partial charge in [0.15, 0.2) is 0 Å². The number of pyridine rings is 1. The van der Waals surface area contributed by atoms with Crippen molar-refractivity contribution < 1.29 is 9.59 Å². The van der Waals surface area contributed by atoms with E-state index in [9.17, 15) is 9.59 Å². The van der Waals surface area contributed by atoms with E-state index in [0.29, 0.717) is 10.2 Å². The van der Waals surface area contributed by atoms with Gasteiger partial charge in [0.1, 0.15) is 4.60 Å². The molecule has 0 saturated carbocycles. The normalized spacial score (nSPS) is 10.9. The molecule has 2 N–H and O–H groups in total. The number of aromatic nitrogens is 1. The molecule has 0 aliphatic carbocycles. The molecule has 1 heterocycles. The number of carbonyl (C=O) groups excluding carboxylic acids is 2. The largest absolute Gasteiger partial charge is 0.359 e. The van der Waals surface area contributed by atoms with Crippen LogP contribution in [0.5, 0.6) is 0 Å². The highest BCUT2D eigenvalue weighted by Crippen LogP contribution is 2.14. The Morgan fingerprint density at radius 2 is 2.11 bits per heavy atom. The number of rotatable bonds is 4. The van der Waals surface area contributed by atoms with Crippen molar-refractivity contribution in [2.24, 2.45) is 5.41 Å². The first kappa shape index (κ1) is 14.6. The van der Waals surface area contributed by atoms with E-state index in [-0.39, 0.29) is 18.4 Å². The van der Waals surface area contributed by atoms with Crippen molar-refractivity contribution >= 4 is 27.7 Å². The van der Waals surface area contributed by atoms with E-state index in [1.165, 1.54) is 0 Å². The molecule has 0 radical (unpaired) electrons. The third kappa shape index (κ3) is 3.80. The monoisotopic (exact) mass is 313 g/mol.